The van der Waals surface area contributed by atoms with Crippen LogP contribution >= 0.6 is 0 Å². The molecule has 0 aliphatic carbocycles. The summed E-state index contributed by atoms with van der Waals surface area (Å²) < 4.78 is 0. The van der Waals surface area contributed by atoms with Crippen LogP contribution in [-0.4, -0.2) is 89.6 Å². The van der Waals surface area contributed by atoms with Crippen molar-refractivity contribution in [2.45, 2.75) is 25.7 Å². The van der Waals surface area contributed by atoms with Gasteiger partial charge in [-0.05, 0) is 59.1 Å². The Hall–Kier alpha value is -4.40. The SMILES string of the molecule is NCC/N=C/c1ccc(/C=N/CCCC/N=C/c2ccc(/C=N/CCCC/N=C/c3ccc(/C=N/CCN)cc3)cc2)cc1. The third kappa shape index (κ3) is 15.2. The van der Waals surface area contributed by atoms with Crippen molar-refractivity contribution in [1.82, 2.24) is 0 Å². The lowest BCUT2D eigenvalue weighted by Gasteiger charge is -1.98. The lowest BCUT2D eigenvalue weighted by Crippen LogP contribution is -2.02. The van der Waals surface area contributed by atoms with Gasteiger partial charge >= 0.3 is 0 Å². The highest BCUT2D eigenvalue weighted by Crippen LogP contribution is 2.04. The Balaban J connectivity index is 1.22. The molecule has 0 heterocycles. The molecule has 3 rings (SSSR count). The Morgan fingerprint density at radius 1 is 0.318 bits per heavy atom. The summed E-state index contributed by atoms with van der Waals surface area (Å²) in [5, 5.41) is 0. The fourth-order valence-electron chi connectivity index (χ4n) is 3.99. The van der Waals surface area contributed by atoms with E-state index in [1.54, 1.807) is 0 Å². The predicted octanol–water partition coefficient (Wildman–Crippen LogP) is 5.08. The second-order valence-electron chi connectivity index (χ2n) is 10.2. The van der Waals surface area contributed by atoms with Crippen LogP contribution in [0.15, 0.2) is 103 Å². The molecule has 8 nitrogen and oxygen atoms in total. The minimum atomic E-state index is 0.570. The lowest BCUT2D eigenvalue weighted by molar-refractivity contribution is 0.760. The molecule has 0 saturated heterocycles. The first-order valence-corrected chi connectivity index (χ1v) is 15.5. The van der Waals surface area contributed by atoms with E-state index >= 15 is 0 Å². The summed E-state index contributed by atoms with van der Waals surface area (Å²) in [5.41, 5.74) is 17.5. The Bertz CT molecular complexity index is 1250. The van der Waals surface area contributed by atoms with Gasteiger partial charge in [0.1, 0.15) is 0 Å². The number of benzene rings is 3. The molecule has 44 heavy (non-hydrogen) atoms. The molecule has 0 saturated carbocycles. The van der Waals surface area contributed by atoms with E-state index in [1.165, 1.54) is 0 Å². The summed E-state index contributed by atoms with van der Waals surface area (Å²) in [6, 6.07) is 24.7. The van der Waals surface area contributed by atoms with Gasteiger partial charge in [0.2, 0.25) is 0 Å². The molecule has 3 aromatic carbocycles. The van der Waals surface area contributed by atoms with Gasteiger partial charge in [-0.15, -0.1) is 0 Å². The standard InChI is InChI=1S/C36H46N8/c37-17-23-43-29-35-13-9-33(10-14-35)27-41-21-3-1-19-39-25-31-5-7-32(8-6-31)26-40-20-2-4-22-42-28-34-11-15-36(16-12-34)30-44-24-18-38/h5-16,25-30H,1-4,17-24,37-38H2/b39-25+,40-26+,41-27+,42-28+,43-29+,44-30+. The highest BCUT2D eigenvalue weighted by molar-refractivity contribution is 5.85. The highest BCUT2D eigenvalue weighted by atomic mass is 14.7. The van der Waals surface area contributed by atoms with Gasteiger partial charge in [0, 0.05) is 76.6 Å². The van der Waals surface area contributed by atoms with Crippen LogP contribution in [-0.2, 0) is 0 Å². The van der Waals surface area contributed by atoms with Crippen molar-refractivity contribution in [2.75, 3.05) is 52.4 Å². The molecule has 3 aromatic rings. The normalized spacial score (nSPS) is 12.4. The molecule has 0 spiro atoms. The quantitative estimate of drug-likeness (QED) is 0.141. The van der Waals surface area contributed by atoms with Crippen LogP contribution in [0.4, 0.5) is 0 Å². The van der Waals surface area contributed by atoms with Crippen LogP contribution in [0.3, 0.4) is 0 Å². The topological polar surface area (TPSA) is 126 Å². The second-order valence-corrected chi connectivity index (χ2v) is 10.2. The molecule has 0 aliphatic heterocycles. The highest BCUT2D eigenvalue weighted by Gasteiger charge is 1.93. The van der Waals surface area contributed by atoms with Gasteiger partial charge in [0.05, 0.1) is 13.1 Å². The smallest absolute Gasteiger partial charge is 0.0512 e. The van der Waals surface area contributed by atoms with Gasteiger partial charge < -0.3 is 11.5 Å². The lowest BCUT2D eigenvalue weighted by atomic mass is 10.1. The van der Waals surface area contributed by atoms with Gasteiger partial charge in [0.15, 0.2) is 0 Å². The van der Waals surface area contributed by atoms with Gasteiger partial charge in [0.25, 0.3) is 0 Å². The molecule has 0 amide bonds. The van der Waals surface area contributed by atoms with Crippen molar-refractivity contribution >= 4 is 37.3 Å². The predicted molar refractivity (Wildman–Crippen MR) is 191 cm³/mol. The summed E-state index contributed by atoms with van der Waals surface area (Å²) >= 11 is 0. The van der Waals surface area contributed by atoms with Crippen LogP contribution in [0.25, 0.3) is 0 Å². The molecule has 4 N–H and O–H groups in total. The maximum Gasteiger partial charge on any atom is 0.0512 e. The first-order chi connectivity index (χ1) is 21.8. The van der Waals surface area contributed by atoms with E-state index in [4.69, 9.17) is 11.5 Å². The van der Waals surface area contributed by atoms with Crippen LogP contribution in [0.5, 0.6) is 0 Å². The van der Waals surface area contributed by atoms with Crippen LogP contribution < -0.4 is 11.5 Å². The largest absolute Gasteiger partial charge is 0.329 e. The van der Waals surface area contributed by atoms with Crippen LogP contribution in [0, 0.1) is 0 Å². The number of hydrogen-bond donors (Lipinski definition) is 2. The Morgan fingerprint density at radius 2 is 0.500 bits per heavy atom. The van der Waals surface area contributed by atoms with Gasteiger partial charge in [-0.2, -0.15) is 0 Å². The minimum Gasteiger partial charge on any atom is -0.329 e. The second kappa shape index (κ2) is 22.2. The zero-order chi connectivity index (χ0) is 30.9. The molecular formula is C36H46N8. The van der Waals surface area contributed by atoms with Gasteiger partial charge in [-0.1, -0.05) is 72.8 Å². The van der Waals surface area contributed by atoms with E-state index in [0.29, 0.717) is 26.2 Å². The number of rotatable bonds is 20. The minimum absolute atomic E-state index is 0.570. The van der Waals surface area contributed by atoms with Gasteiger partial charge in [-0.3, -0.25) is 30.0 Å². The van der Waals surface area contributed by atoms with Gasteiger partial charge in [-0.25, -0.2) is 0 Å². The molecule has 0 bridgehead atoms. The summed E-state index contributed by atoms with van der Waals surface area (Å²) in [7, 11) is 0. The van der Waals surface area contributed by atoms with E-state index < -0.39 is 0 Å². The molecule has 230 valence electrons. The number of hydrogen-bond acceptors (Lipinski definition) is 8. The fourth-order valence-corrected chi connectivity index (χ4v) is 3.99. The molecule has 0 aromatic heterocycles. The first-order valence-electron chi connectivity index (χ1n) is 15.5. The van der Waals surface area contributed by atoms with Crippen molar-refractivity contribution in [3.63, 3.8) is 0 Å². The molecule has 0 atom stereocenters. The van der Waals surface area contributed by atoms with Crippen LogP contribution in [0.2, 0.25) is 0 Å². The maximum atomic E-state index is 5.46. The van der Waals surface area contributed by atoms with E-state index in [-0.39, 0.29) is 0 Å². The first kappa shape index (κ1) is 34.1. The molecule has 0 aliphatic rings. The van der Waals surface area contributed by atoms with Crippen molar-refractivity contribution in [3.05, 3.63) is 106 Å². The summed E-state index contributed by atoms with van der Waals surface area (Å²) in [5.74, 6) is 0. The van der Waals surface area contributed by atoms with E-state index in [0.717, 1.165) is 85.2 Å². The monoisotopic (exact) mass is 590 g/mol. The zero-order valence-corrected chi connectivity index (χ0v) is 25.7. The van der Waals surface area contributed by atoms with Crippen molar-refractivity contribution in [1.29, 1.82) is 0 Å². The van der Waals surface area contributed by atoms with E-state index in [9.17, 15) is 0 Å². The molecule has 8 heteroatoms. The third-order valence-corrected chi connectivity index (χ3v) is 6.42. The van der Waals surface area contributed by atoms with Crippen LogP contribution in [0.1, 0.15) is 59.1 Å². The van der Waals surface area contributed by atoms with E-state index in [2.05, 4.69) is 78.5 Å². The number of aliphatic imine (C=N–C) groups is 6. The van der Waals surface area contributed by atoms with Crippen molar-refractivity contribution in [3.8, 4) is 0 Å². The summed E-state index contributed by atoms with van der Waals surface area (Å²) in [6.45, 7) is 5.66. The Kier molecular flexibility index (Phi) is 17.2. The Morgan fingerprint density at radius 3 is 0.682 bits per heavy atom. The number of nitrogens with two attached hydrogens (primary N) is 2. The fraction of sp³-hybridized carbons (Fsp3) is 0.333. The average molecular weight is 591 g/mol. The van der Waals surface area contributed by atoms with Crippen molar-refractivity contribution in [2.24, 2.45) is 41.4 Å². The molecule has 0 radical (unpaired) electrons. The summed E-state index contributed by atoms with van der Waals surface area (Å²) in [4.78, 5) is 26.7. The molecular weight excluding hydrogens is 544 g/mol. The Labute approximate surface area is 262 Å². The van der Waals surface area contributed by atoms with Crippen molar-refractivity contribution < 1.29 is 0 Å². The number of nitrogens with zero attached hydrogens (tertiary/aromatic N) is 6. The summed E-state index contributed by atoms with van der Waals surface area (Å²) in [6.07, 6.45) is 15.5. The maximum absolute atomic E-state index is 5.46. The van der Waals surface area contributed by atoms with E-state index in [1.807, 2.05) is 61.6 Å². The average Bonchev–Trinajstić information content (AvgIpc) is 3.06. The molecule has 0 fully saturated rings. The number of unbranched alkanes of at least 4 members (excludes halogenated alkanes) is 2. The molecule has 0 unspecified atom stereocenters. The third-order valence-electron chi connectivity index (χ3n) is 6.42. The zero-order valence-electron chi connectivity index (χ0n) is 25.7.